The van der Waals surface area contributed by atoms with E-state index in [1.165, 1.54) is 4.57 Å². The number of benzene rings is 1. The number of fused-ring (bicyclic) bond motifs is 1. The van der Waals surface area contributed by atoms with Crippen LogP contribution in [0, 0.1) is 24.2 Å². The third-order valence-corrected chi connectivity index (χ3v) is 4.78. The van der Waals surface area contributed by atoms with Gasteiger partial charge in [0.15, 0.2) is 28.5 Å². The van der Waals surface area contributed by atoms with Crippen LogP contribution < -0.4 is 26.0 Å². The fraction of sp³-hybridized carbons (Fsp3) is 0.318. The molecule has 9 heteroatoms. The van der Waals surface area contributed by atoms with Gasteiger partial charge in [-0.1, -0.05) is 11.8 Å². The van der Waals surface area contributed by atoms with Crippen molar-refractivity contribution in [3.63, 3.8) is 0 Å². The number of hydrogen-bond acceptors (Lipinski definition) is 6. The lowest BCUT2D eigenvalue weighted by molar-refractivity contribution is 0.355. The summed E-state index contributed by atoms with van der Waals surface area (Å²) < 4.78 is 14.6. The smallest absolute Gasteiger partial charge is 0.333 e. The normalized spacial score (nSPS) is 10.4. The predicted octanol–water partition coefficient (Wildman–Crippen LogP) is 0.166. The molecule has 0 aliphatic carbocycles. The molecule has 160 valence electrons. The van der Waals surface area contributed by atoms with E-state index < -0.39 is 11.2 Å². The number of ether oxygens (including phenoxy) is 2. The molecule has 31 heavy (non-hydrogen) atoms. The van der Waals surface area contributed by atoms with Crippen LogP contribution in [0.1, 0.15) is 11.4 Å². The number of terminal acetylenes is 1. The van der Waals surface area contributed by atoms with Crippen molar-refractivity contribution in [1.82, 2.24) is 24.0 Å². The number of aryl methyl sites for hydroxylation is 1. The summed E-state index contributed by atoms with van der Waals surface area (Å²) in [4.78, 5) is 30.2. The van der Waals surface area contributed by atoms with Crippen molar-refractivity contribution in [2.45, 2.75) is 13.1 Å². The Hall–Kier alpha value is -3.95. The minimum Gasteiger partial charge on any atom is -0.493 e. The third-order valence-electron chi connectivity index (χ3n) is 4.78. The average Bonchev–Trinajstić information content (AvgIpc) is 3.11. The summed E-state index contributed by atoms with van der Waals surface area (Å²) in [7, 11) is 6.57. The van der Waals surface area contributed by atoms with E-state index in [0.29, 0.717) is 36.0 Å². The largest absolute Gasteiger partial charge is 0.493 e. The van der Waals surface area contributed by atoms with Gasteiger partial charge >= 0.3 is 5.69 Å². The van der Waals surface area contributed by atoms with Gasteiger partial charge in [0, 0.05) is 25.7 Å². The van der Waals surface area contributed by atoms with Crippen LogP contribution in [0.2, 0.25) is 0 Å². The SMILES string of the molecule is C#CCn1c(=O)c2c(nc(C#Cc3ccc(OC)c(OC)c3)n2C)n(CCNC)c1=O. The Morgan fingerprint density at radius 1 is 1.13 bits per heavy atom. The van der Waals surface area contributed by atoms with E-state index in [1.807, 2.05) is 0 Å². The molecule has 3 aromatic rings. The highest BCUT2D eigenvalue weighted by atomic mass is 16.5. The topological polar surface area (TPSA) is 92.3 Å². The number of nitrogens with zero attached hydrogens (tertiary/aromatic N) is 4. The summed E-state index contributed by atoms with van der Waals surface area (Å²) in [6.45, 7) is 0.730. The number of aromatic nitrogens is 4. The Balaban J connectivity index is 2.19. The molecule has 9 nitrogen and oxygen atoms in total. The van der Waals surface area contributed by atoms with Crippen LogP contribution in [0.4, 0.5) is 0 Å². The van der Waals surface area contributed by atoms with Gasteiger partial charge in [-0.05, 0) is 31.2 Å². The second-order valence-corrected chi connectivity index (χ2v) is 6.62. The van der Waals surface area contributed by atoms with Crippen LogP contribution in [-0.2, 0) is 20.1 Å². The van der Waals surface area contributed by atoms with Crippen molar-refractivity contribution in [2.75, 3.05) is 27.8 Å². The van der Waals surface area contributed by atoms with Gasteiger partial charge in [0.1, 0.15) is 0 Å². The molecule has 0 saturated heterocycles. The van der Waals surface area contributed by atoms with Crippen molar-refractivity contribution in [3.8, 4) is 35.7 Å². The van der Waals surface area contributed by atoms with Crippen LogP contribution in [0.5, 0.6) is 11.5 Å². The van der Waals surface area contributed by atoms with Crippen LogP contribution in [0.15, 0.2) is 27.8 Å². The second-order valence-electron chi connectivity index (χ2n) is 6.62. The molecule has 1 aromatic carbocycles. The Kier molecular flexibility index (Phi) is 6.49. The first-order valence-corrected chi connectivity index (χ1v) is 9.49. The van der Waals surface area contributed by atoms with E-state index >= 15 is 0 Å². The van der Waals surface area contributed by atoms with E-state index in [9.17, 15) is 9.59 Å². The van der Waals surface area contributed by atoms with Crippen molar-refractivity contribution >= 4 is 11.2 Å². The highest BCUT2D eigenvalue weighted by Gasteiger charge is 2.19. The molecule has 0 unspecified atom stereocenters. The minimum absolute atomic E-state index is 0.120. The Morgan fingerprint density at radius 3 is 2.52 bits per heavy atom. The van der Waals surface area contributed by atoms with Gasteiger partial charge in [0.05, 0.1) is 20.8 Å². The number of nitrogens with one attached hydrogen (secondary N) is 1. The summed E-state index contributed by atoms with van der Waals surface area (Å²) >= 11 is 0. The lowest BCUT2D eigenvalue weighted by Crippen LogP contribution is -2.41. The number of likely N-dealkylation sites (N-methyl/N-ethyl adjacent to an activating group) is 1. The van der Waals surface area contributed by atoms with Gasteiger partial charge in [0.2, 0.25) is 0 Å². The van der Waals surface area contributed by atoms with Crippen LogP contribution in [0.3, 0.4) is 0 Å². The molecular formula is C22H23N5O4. The highest BCUT2D eigenvalue weighted by Crippen LogP contribution is 2.27. The molecule has 0 aliphatic heterocycles. The van der Waals surface area contributed by atoms with E-state index in [0.717, 1.165) is 4.57 Å². The summed E-state index contributed by atoms with van der Waals surface area (Å²) in [5.74, 6) is 9.85. The molecule has 0 fully saturated rings. The number of rotatable bonds is 6. The van der Waals surface area contributed by atoms with Gasteiger partial charge in [-0.15, -0.1) is 6.42 Å². The van der Waals surface area contributed by atoms with Gasteiger partial charge in [-0.25, -0.2) is 14.3 Å². The van der Waals surface area contributed by atoms with E-state index in [-0.39, 0.29) is 17.7 Å². The molecule has 0 aliphatic rings. The number of imidazole rings is 1. The molecule has 1 N–H and O–H groups in total. The zero-order valence-electron chi connectivity index (χ0n) is 17.9. The Bertz CT molecular complexity index is 1350. The standard InChI is InChI=1S/C22H23N5O4/c1-6-12-27-21(28)19-20(26(22(27)29)13-11-23-2)24-18(25(19)3)10-8-15-7-9-16(30-4)17(14-15)31-5/h1,7,9,14,23H,11-13H2,2-5H3. The molecule has 2 aromatic heterocycles. The fourth-order valence-corrected chi connectivity index (χ4v) is 3.17. The van der Waals surface area contributed by atoms with E-state index in [4.69, 9.17) is 15.9 Å². The number of methoxy groups -OCH3 is 2. The molecule has 3 rings (SSSR count). The van der Waals surface area contributed by atoms with Crippen LogP contribution >= 0.6 is 0 Å². The summed E-state index contributed by atoms with van der Waals surface area (Å²) in [6, 6.07) is 5.29. The first-order valence-electron chi connectivity index (χ1n) is 9.49. The maximum absolute atomic E-state index is 12.9. The lowest BCUT2D eigenvalue weighted by Gasteiger charge is -2.09. The third kappa shape index (κ3) is 4.04. The van der Waals surface area contributed by atoms with Crippen LogP contribution in [0.25, 0.3) is 11.2 Å². The molecule has 0 spiro atoms. The maximum Gasteiger partial charge on any atom is 0.333 e. The zero-order valence-corrected chi connectivity index (χ0v) is 17.9. The molecular weight excluding hydrogens is 398 g/mol. The molecule has 0 radical (unpaired) electrons. The average molecular weight is 421 g/mol. The van der Waals surface area contributed by atoms with Gasteiger partial charge in [0.25, 0.3) is 5.56 Å². The van der Waals surface area contributed by atoms with Gasteiger partial charge in [-0.3, -0.25) is 9.36 Å². The first kappa shape index (κ1) is 21.8. The number of hydrogen-bond donors (Lipinski definition) is 1. The monoisotopic (exact) mass is 421 g/mol. The predicted molar refractivity (Wildman–Crippen MR) is 118 cm³/mol. The maximum atomic E-state index is 12.9. The summed E-state index contributed by atoms with van der Waals surface area (Å²) in [6.07, 6.45) is 5.36. The first-order chi connectivity index (χ1) is 15.0. The quantitative estimate of drug-likeness (QED) is 0.571. The summed E-state index contributed by atoms with van der Waals surface area (Å²) in [5.41, 5.74) is 0.234. The fourth-order valence-electron chi connectivity index (χ4n) is 3.17. The lowest BCUT2D eigenvalue weighted by atomic mass is 10.2. The van der Waals surface area contributed by atoms with Crippen molar-refractivity contribution in [2.24, 2.45) is 7.05 Å². The molecule has 0 bridgehead atoms. The molecule has 2 heterocycles. The van der Waals surface area contributed by atoms with Crippen molar-refractivity contribution < 1.29 is 9.47 Å². The van der Waals surface area contributed by atoms with Crippen molar-refractivity contribution in [1.29, 1.82) is 0 Å². The highest BCUT2D eigenvalue weighted by molar-refractivity contribution is 5.72. The Labute approximate surface area is 179 Å². The van der Waals surface area contributed by atoms with Crippen molar-refractivity contribution in [3.05, 3.63) is 50.4 Å². The molecule has 0 atom stereocenters. The zero-order chi connectivity index (χ0) is 22.5. The van der Waals surface area contributed by atoms with Gasteiger partial charge in [-0.2, -0.15) is 0 Å². The molecule has 0 saturated carbocycles. The molecule has 0 amide bonds. The van der Waals surface area contributed by atoms with Gasteiger partial charge < -0.3 is 19.4 Å². The Morgan fingerprint density at radius 2 is 1.87 bits per heavy atom. The second kappa shape index (κ2) is 9.24. The summed E-state index contributed by atoms with van der Waals surface area (Å²) in [5, 5.41) is 2.99. The van der Waals surface area contributed by atoms with Crippen LogP contribution in [-0.4, -0.2) is 46.5 Å². The minimum atomic E-state index is -0.497. The van der Waals surface area contributed by atoms with E-state index in [2.05, 4.69) is 28.1 Å². The van der Waals surface area contributed by atoms with E-state index in [1.54, 1.807) is 51.1 Å².